The SMILES string of the molecule is COc1ccc(Cl)cc1Cn1cc([C@@H]2OCCC[C@H]2C(=O)O)cn1. The minimum absolute atomic E-state index is 0.453. The highest BCUT2D eigenvalue weighted by atomic mass is 35.5. The lowest BCUT2D eigenvalue weighted by Gasteiger charge is -2.28. The van der Waals surface area contributed by atoms with Crippen LogP contribution in [0.25, 0.3) is 0 Å². The first-order valence-corrected chi connectivity index (χ1v) is 8.15. The van der Waals surface area contributed by atoms with Crippen LogP contribution in [0.1, 0.15) is 30.1 Å². The third-order valence-electron chi connectivity index (χ3n) is 4.20. The first kappa shape index (κ1) is 16.8. The number of methoxy groups -OCH3 is 1. The lowest BCUT2D eigenvalue weighted by Crippen LogP contribution is -2.28. The van der Waals surface area contributed by atoms with Crippen LogP contribution in [0.3, 0.4) is 0 Å². The second-order valence-corrected chi connectivity index (χ2v) is 6.24. The Morgan fingerprint density at radius 1 is 1.54 bits per heavy atom. The molecular weight excluding hydrogens is 332 g/mol. The molecule has 1 aliphatic rings. The Morgan fingerprint density at radius 3 is 3.12 bits per heavy atom. The van der Waals surface area contributed by atoms with E-state index in [1.54, 1.807) is 24.1 Å². The van der Waals surface area contributed by atoms with Crippen LogP contribution in [0, 0.1) is 5.92 Å². The Hall–Kier alpha value is -2.05. The number of nitrogens with zero attached hydrogens (tertiary/aromatic N) is 2. The number of carboxylic acid groups (broad SMARTS) is 1. The molecule has 0 bridgehead atoms. The molecule has 128 valence electrons. The van der Waals surface area contributed by atoms with Crippen LogP contribution in [-0.4, -0.2) is 34.6 Å². The van der Waals surface area contributed by atoms with Gasteiger partial charge in [-0.05, 0) is 31.0 Å². The van der Waals surface area contributed by atoms with Crippen molar-refractivity contribution in [2.75, 3.05) is 13.7 Å². The maximum atomic E-state index is 11.4. The van der Waals surface area contributed by atoms with Gasteiger partial charge in [-0.15, -0.1) is 0 Å². The van der Waals surface area contributed by atoms with Gasteiger partial charge in [0.15, 0.2) is 0 Å². The standard InChI is InChI=1S/C17H19ClN2O4/c1-23-15-5-4-13(18)7-11(15)9-20-10-12(8-19-20)16-14(17(21)22)3-2-6-24-16/h4-5,7-8,10,14,16H,2-3,6,9H2,1H3,(H,21,22)/t14-,16+/m1/s1. The summed E-state index contributed by atoms with van der Waals surface area (Å²) in [5.74, 6) is -0.630. The van der Waals surface area contributed by atoms with Gasteiger partial charge in [0.1, 0.15) is 5.75 Å². The molecule has 0 unspecified atom stereocenters. The molecule has 2 heterocycles. The lowest BCUT2D eigenvalue weighted by molar-refractivity contribution is -0.151. The summed E-state index contributed by atoms with van der Waals surface area (Å²) >= 11 is 6.05. The number of rotatable bonds is 5. The average molecular weight is 351 g/mol. The highest BCUT2D eigenvalue weighted by Crippen LogP contribution is 2.33. The van der Waals surface area contributed by atoms with Gasteiger partial charge in [-0.3, -0.25) is 9.48 Å². The van der Waals surface area contributed by atoms with Gasteiger partial charge in [-0.1, -0.05) is 11.6 Å². The second kappa shape index (κ2) is 7.23. The Balaban J connectivity index is 1.81. The van der Waals surface area contributed by atoms with Crippen LogP contribution >= 0.6 is 11.6 Å². The second-order valence-electron chi connectivity index (χ2n) is 5.81. The van der Waals surface area contributed by atoms with Crippen LogP contribution in [0.4, 0.5) is 0 Å². The van der Waals surface area contributed by atoms with Crippen molar-refractivity contribution in [1.82, 2.24) is 9.78 Å². The number of hydrogen-bond acceptors (Lipinski definition) is 4. The molecule has 24 heavy (non-hydrogen) atoms. The Bertz CT molecular complexity index is 731. The zero-order chi connectivity index (χ0) is 17.1. The third kappa shape index (κ3) is 3.55. The van der Waals surface area contributed by atoms with Gasteiger partial charge in [0, 0.05) is 29.0 Å². The molecule has 2 aromatic rings. The molecule has 0 radical (unpaired) electrons. The first-order valence-electron chi connectivity index (χ1n) is 7.77. The summed E-state index contributed by atoms with van der Waals surface area (Å²) in [6.45, 7) is 1.05. The van der Waals surface area contributed by atoms with Crippen molar-refractivity contribution in [3.8, 4) is 5.75 Å². The van der Waals surface area contributed by atoms with Gasteiger partial charge in [-0.25, -0.2) is 0 Å². The maximum Gasteiger partial charge on any atom is 0.309 e. The van der Waals surface area contributed by atoms with Gasteiger partial charge < -0.3 is 14.6 Å². The summed E-state index contributed by atoms with van der Waals surface area (Å²) in [6, 6.07) is 5.41. The molecule has 1 aromatic heterocycles. The van der Waals surface area contributed by atoms with E-state index >= 15 is 0 Å². The van der Waals surface area contributed by atoms with Crippen molar-refractivity contribution in [2.24, 2.45) is 5.92 Å². The minimum atomic E-state index is -0.830. The minimum Gasteiger partial charge on any atom is -0.496 e. The molecule has 2 atom stereocenters. The normalized spacial score (nSPS) is 20.8. The summed E-state index contributed by atoms with van der Waals surface area (Å²) in [6.07, 6.45) is 4.43. The van der Waals surface area contributed by atoms with Crippen molar-refractivity contribution in [3.05, 3.63) is 46.7 Å². The van der Waals surface area contributed by atoms with Crippen LogP contribution in [-0.2, 0) is 16.1 Å². The van der Waals surface area contributed by atoms with Crippen LogP contribution in [0.5, 0.6) is 5.75 Å². The molecule has 0 saturated carbocycles. The van der Waals surface area contributed by atoms with Crippen molar-refractivity contribution >= 4 is 17.6 Å². The molecule has 1 aliphatic heterocycles. The summed E-state index contributed by atoms with van der Waals surface area (Å²) in [7, 11) is 1.61. The Kier molecular flexibility index (Phi) is 5.06. The maximum absolute atomic E-state index is 11.4. The van der Waals surface area contributed by atoms with E-state index in [4.69, 9.17) is 21.1 Å². The number of aliphatic carboxylic acids is 1. The lowest BCUT2D eigenvalue weighted by atomic mass is 9.91. The summed E-state index contributed by atoms with van der Waals surface area (Å²) in [5, 5.41) is 14.3. The fourth-order valence-corrected chi connectivity index (χ4v) is 3.22. The average Bonchev–Trinajstić information content (AvgIpc) is 3.03. The van der Waals surface area contributed by atoms with Gasteiger partial charge in [-0.2, -0.15) is 5.10 Å². The highest BCUT2D eigenvalue weighted by molar-refractivity contribution is 6.30. The highest BCUT2D eigenvalue weighted by Gasteiger charge is 2.33. The largest absolute Gasteiger partial charge is 0.496 e. The van der Waals surface area contributed by atoms with Gasteiger partial charge >= 0.3 is 5.97 Å². The molecule has 1 fully saturated rings. The zero-order valence-corrected chi connectivity index (χ0v) is 14.1. The molecule has 6 nitrogen and oxygen atoms in total. The number of halogens is 1. The summed E-state index contributed by atoms with van der Waals surface area (Å²) in [4.78, 5) is 11.4. The predicted octanol–water partition coefficient (Wildman–Crippen LogP) is 3.15. The van der Waals surface area contributed by atoms with E-state index in [0.29, 0.717) is 24.6 Å². The van der Waals surface area contributed by atoms with E-state index in [-0.39, 0.29) is 0 Å². The fraction of sp³-hybridized carbons (Fsp3) is 0.412. The molecule has 1 saturated heterocycles. The number of benzene rings is 1. The third-order valence-corrected chi connectivity index (χ3v) is 4.43. The smallest absolute Gasteiger partial charge is 0.309 e. The molecule has 7 heteroatoms. The van der Waals surface area contributed by atoms with Crippen LogP contribution in [0.2, 0.25) is 5.02 Å². The number of carboxylic acids is 1. The molecule has 0 spiro atoms. The van der Waals surface area contributed by atoms with Gasteiger partial charge in [0.2, 0.25) is 0 Å². The van der Waals surface area contributed by atoms with Crippen molar-refractivity contribution in [1.29, 1.82) is 0 Å². The molecular formula is C17H19ClN2O4. The van der Waals surface area contributed by atoms with E-state index in [2.05, 4.69) is 5.10 Å². The number of ether oxygens (including phenoxy) is 2. The van der Waals surface area contributed by atoms with Gasteiger partial charge in [0.05, 0.1) is 31.9 Å². The van der Waals surface area contributed by atoms with Gasteiger partial charge in [0.25, 0.3) is 0 Å². The van der Waals surface area contributed by atoms with E-state index in [9.17, 15) is 9.90 Å². The molecule has 1 N–H and O–H groups in total. The van der Waals surface area contributed by atoms with E-state index < -0.39 is 18.0 Å². The topological polar surface area (TPSA) is 73.6 Å². The Morgan fingerprint density at radius 2 is 2.38 bits per heavy atom. The first-order chi connectivity index (χ1) is 11.6. The fourth-order valence-electron chi connectivity index (χ4n) is 3.02. The molecule has 1 aromatic carbocycles. The monoisotopic (exact) mass is 350 g/mol. The van der Waals surface area contributed by atoms with Crippen molar-refractivity contribution < 1.29 is 19.4 Å². The number of aromatic nitrogens is 2. The quantitative estimate of drug-likeness (QED) is 0.896. The van der Waals surface area contributed by atoms with Crippen molar-refractivity contribution in [2.45, 2.75) is 25.5 Å². The van der Waals surface area contributed by atoms with E-state index in [1.807, 2.05) is 18.3 Å². The molecule has 3 rings (SSSR count). The predicted molar refractivity (Wildman–Crippen MR) is 88.4 cm³/mol. The number of carbonyl (C=O) groups is 1. The summed E-state index contributed by atoms with van der Waals surface area (Å²) in [5.41, 5.74) is 1.68. The van der Waals surface area contributed by atoms with E-state index in [1.165, 1.54) is 0 Å². The van der Waals surface area contributed by atoms with Crippen LogP contribution in [0.15, 0.2) is 30.6 Å². The van der Waals surface area contributed by atoms with Crippen LogP contribution < -0.4 is 4.74 Å². The molecule has 0 amide bonds. The summed E-state index contributed by atoms with van der Waals surface area (Å²) < 4.78 is 12.8. The Labute approximate surface area is 144 Å². The molecule has 0 aliphatic carbocycles. The number of hydrogen-bond donors (Lipinski definition) is 1. The zero-order valence-electron chi connectivity index (χ0n) is 13.3. The van der Waals surface area contributed by atoms with E-state index in [0.717, 1.165) is 23.3 Å². The van der Waals surface area contributed by atoms with Crippen molar-refractivity contribution in [3.63, 3.8) is 0 Å².